The fourth-order valence-electron chi connectivity index (χ4n) is 3.84. The summed E-state index contributed by atoms with van der Waals surface area (Å²) in [4.78, 5) is 22.6. The molecule has 23 heavy (non-hydrogen) atoms. The van der Waals surface area contributed by atoms with Crippen molar-refractivity contribution >= 4 is 5.91 Å². The Morgan fingerprint density at radius 1 is 1.22 bits per heavy atom. The van der Waals surface area contributed by atoms with E-state index in [9.17, 15) is 4.79 Å². The fraction of sp³-hybridized carbons (Fsp3) is 0.667. The lowest BCUT2D eigenvalue weighted by Gasteiger charge is -2.39. The van der Waals surface area contributed by atoms with E-state index in [-0.39, 0.29) is 5.91 Å². The van der Waals surface area contributed by atoms with E-state index in [0.717, 1.165) is 19.6 Å². The topological polar surface area (TPSA) is 39.7 Å². The number of likely N-dealkylation sites (N-methyl/N-ethyl adjacent to an activating group) is 1. The minimum Gasteiger partial charge on any atom is -0.348 e. The third kappa shape index (κ3) is 4.09. The van der Waals surface area contributed by atoms with E-state index >= 15 is 0 Å². The molecule has 1 amide bonds. The largest absolute Gasteiger partial charge is 0.348 e. The van der Waals surface area contributed by atoms with Crippen LogP contribution in [0.4, 0.5) is 0 Å². The van der Waals surface area contributed by atoms with E-state index in [1.165, 1.54) is 37.9 Å². The van der Waals surface area contributed by atoms with E-state index in [1.807, 2.05) is 32.6 Å². The van der Waals surface area contributed by atoms with E-state index in [1.54, 1.807) is 4.90 Å². The van der Waals surface area contributed by atoms with Crippen LogP contribution in [0.25, 0.3) is 0 Å². The number of amides is 1. The van der Waals surface area contributed by atoms with Crippen molar-refractivity contribution in [2.24, 2.45) is 5.41 Å². The van der Waals surface area contributed by atoms with Gasteiger partial charge in [-0.1, -0.05) is 6.07 Å². The number of piperidine rings is 1. The Bertz CT molecular complexity index is 523. The highest BCUT2D eigenvalue weighted by Crippen LogP contribution is 2.40. The van der Waals surface area contributed by atoms with E-state index in [0.29, 0.717) is 12.0 Å². The molecule has 0 atom stereocenters. The second kappa shape index (κ2) is 6.97. The van der Waals surface area contributed by atoms with Gasteiger partial charge in [-0.25, -0.2) is 0 Å². The van der Waals surface area contributed by atoms with Crippen molar-refractivity contribution in [1.29, 1.82) is 0 Å². The molecule has 0 bridgehead atoms. The van der Waals surface area contributed by atoms with E-state index in [4.69, 9.17) is 0 Å². The standard InChI is InChI=1S/C18H28N4O/c1-20(2)17(23)14-21-9-5-18(6-10-21)7-11-22(15-18)13-16-4-3-8-19-12-16/h3-4,8,12H,5-7,9-11,13-15H2,1-2H3. The summed E-state index contributed by atoms with van der Waals surface area (Å²) < 4.78 is 0. The molecule has 5 heteroatoms. The molecule has 2 aliphatic rings. The number of pyridine rings is 1. The van der Waals surface area contributed by atoms with Gasteiger partial charge in [0.25, 0.3) is 0 Å². The minimum atomic E-state index is 0.213. The van der Waals surface area contributed by atoms with Crippen LogP contribution in [0.5, 0.6) is 0 Å². The summed E-state index contributed by atoms with van der Waals surface area (Å²) in [7, 11) is 3.67. The Morgan fingerprint density at radius 2 is 1.91 bits per heavy atom. The first-order valence-electron chi connectivity index (χ1n) is 8.60. The normalized spacial score (nSPS) is 21.7. The van der Waals surface area contributed by atoms with Crippen LogP contribution >= 0.6 is 0 Å². The first-order chi connectivity index (χ1) is 11.1. The van der Waals surface area contributed by atoms with Crippen LogP contribution in [0.15, 0.2) is 24.5 Å². The van der Waals surface area contributed by atoms with Crippen LogP contribution in [-0.2, 0) is 11.3 Å². The van der Waals surface area contributed by atoms with Crippen LogP contribution in [0.3, 0.4) is 0 Å². The molecule has 5 nitrogen and oxygen atoms in total. The number of hydrogen-bond acceptors (Lipinski definition) is 4. The van der Waals surface area contributed by atoms with Gasteiger partial charge in [-0.3, -0.25) is 19.6 Å². The molecule has 1 spiro atoms. The molecule has 3 heterocycles. The molecule has 0 N–H and O–H groups in total. The number of rotatable bonds is 4. The number of carbonyl (C=O) groups is 1. The molecule has 2 fully saturated rings. The SMILES string of the molecule is CN(C)C(=O)CN1CCC2(CC1)CCN(Cc1cccnc1)C2. The lowest BCUT2D eigenvalue weighted by molar-refractivity contribution is -0.130. The third-order valence-corrected chi connectivity index (χ3v) is 5.42. The first kappa shape index (κ1) is 16.4. The van der Waals surface area contributed by atoms with Crippen molar-refractivity contribution in [2.45, 2.75) is 25.8 Å². The highest BCUT2D eigenvalue weighted by atomic mass is 16.2. The summed E-state index contributed by atoms with van der Waals surface area (Å²) in [6.07, 6.45) is 7.54. The maximum Gasteiger partial charge on any atom is 0.236 e. The molecule has 0 saturated carbocycles. The first-order valence-corrected chi connectivity index (χ1v) is 8.60. The van der Waals surface area contributed by atoms with E-state index in [2.05, 4.69) is 20.9 Å². The lowest BCUT2D eigenvalue weighted by Crippen LogP contribution is -2.45. The van der Waals surface area contributed by atoms with Crippen LogP contribution < -0.4 is 0 Å². The van der Waals surface area contributed by atoms with Gasteiger partial charge >= 0.3 is 0 Å². The number of aromatic nitrogens is 1. The van der Waals surface area contributed by atoms with Gasteiger partial charge in [0.15, 0.2) is 0 Å². The summed E-state index contributed by atoms with van der Waals surface area (Å²) in [5, 5.41) is 0. The van der Waals surface area contributed by atoms with Crippen LogP contribution in [-0.4, -0.2) is 72.4 Å². The number of carbonyl (C=O) groups excluding carboxylic acids is 1. The highest BCUT2D eigenvalue weighted by Gasteiger charge is 2.40. The quantitative estimate of drug-likeness (QED) is 0.843. The van der Waals surface area contributed by atoms with Gasteiger partial charge in [-0.05, 0) is 55.9 Å². The molecule has 2 saturated heterocycles. The smallest absolute Gasteiger partial charge is 0.236 e. The molecule has 3 rings (SSSR count). The Morgan fingerprint density at radius 3 is 2.52 bits per heavy atom. The monoisotopic (exact) mass is 316 g/mol. The molecule has 1 aromatic heterocycles. The Balaban J connectivity index is 1.48. The molecular weight excluding hydrogens is 288 g/mol. The predicted molar refractivity (Wildman–Crippen MR) is 90.9 cm³/mol. The molecular formula is C18H28N4O. The number of hydrogen-bond donors (Lipinski definition) is 0. The van der Waals surface area contributed by atoms with Crippen molar-refractivity contribution in [3.8, 4) is 0 Å². The second-order valence-corrected chi connectivity index (χ2v) is 7.39. The average molecular weight is 316 g/mol. The van der Waals surface area contributed by atoms with Crippen molar-refractivity contribution < 1.29 is 4.79 Å². The molecule has 0 unspecified atom stereocenters. The fourth-order valence-corrected chi connectivity index (χ4v) is 3.84. The average Bonchev–Trinajstić information content (AvgIpc) is 2.93. The maximum atomic E-state index is 11.8. The van der Waals surface area contributed by atoms with Crippen molar-refractivity contribution in [1.82, 2.24) is 19.7 Å². The zero-order chi connectivity index (χ0) is 16.3. The van der Waals surface area contributed by atoms with Crippen LogP contribution in [0.1, 0.15) is 24.8 Å². The predicted octanol–water partition coefficient (Wildman–Crippen LogP) is 1.46. The molecule has 0 radical (unpaired) electrons. The van der Waals surface area contributed by atoms with Gasteiger partial charge < -0.3 is 4.90 Å². The summed E-state index contributed by atoms with van der Waals surface area (Å²) in [6.45, 7) is 6.07. The van der Waals surface area contributed by atoms with Crippen molar-refractivity contribution in [3.05, 3.63) is 30.1 Å². The number of nitrogens with zero attached hydrogens (tertiary/aromatic N) is 4. The summed E-state index contributed by atoms with van der Waals surface area (Å²) in [6, 6.07) is 4.18. The Kier molecular flexibility index (Phi) is 4.97. The van der Waals surface area contributed by atoms with Gasteiger partial charge in [-0.2, -0.15) is 0 Å². The van der Waals surface area contributed by atoms with Gasteiger partial charge in [0.2, 0.25) is 5.91 Å². The summed E-state index contributed by atoms with van der Waals surface area (Å²) >= 11 is 0. The van der Waals surface area contributed by atoms with Gasteiger partial charge in [0, 0.05) is 39.6 Å². The molecule has 0 aliphatic carbocycles. The Hall–Kier alpha value is -1.46. The zero-order valence-electron chi connectivity index (χ0n) is 14.4. The van der Waals surface area contributed by atoms with Crippen LogP contribution in [0.2, 0.25) is 0 Å². The minimum absolute atomic E-state index is 0.213. The lowest BCUT2D eigenvalue weighted by atomic mass is 9.78. The molecule has 0 aromatic carbocycles. The maximum absolute atomic E-state index is 11.8. The number of likely N-dealkylation sites (tertiary alicyclic amines) is 2. The zero-order valence-corrected chi connectivity index (χ0v) is 14.4. The molecule has 2 aliphatic heterocycles. The third-order valence-electron chi connectivity index (χ3n) is 5.42. The van der Waals surface area contributed by atoms with Crippen LogP contribution in [0, 0.1) is 5.41 Å². The van der Waals surface area contributed by atoms with E-state index < -0.39 is 0 Å². The second-order valence-electron chi connectivity index (χ2n) is 7.39. The highest BCUT2D eigenvalue weighted by molar-refractivity contribution is 5.77. The van der Waals surface area contributed by atoms with Gasteiger partial charge in [-0.15, -0.1) is 0 Å². The Labute approximate surface area is 139 Å². The van der Waals surface area contributed by atoms with Crippen molar-refractivity contribution in [2.75, 3.05) is 46.8 Å². The molecule has 126 valence electrons. The van der Waals surface area contributed by atoms with Gasteiger partial charge in [0.05, 0.1) is 6.54 Å². The molecule has 1 aromatic rings. The van der Waals surface area contributed by atoms with Crippen molar-refractivity contribution in [3.63, 3.8) is 0 Å². The summed E-state index contributed by atoms with van der Waals surface area (Å²) in [5.41, 5.74) is 1.78. The summed E-state index contributed by atoms with van der Waals surface area (Å²) in [5.74, 6) is 0.213. The van der Waals surface area contributed by atoms with Gasteiger partial charge in [0.1, 0.15) is 0 Å².